The fraction of sp³-hybridized carbons (Fsp3) is 0.417. The molecule has 1 aromatic rings. The van der Waals surface area contributed by atoms with Crippen LogP contribution < -0.4 is 0 Å². The normalized spacial score (nSPS) is 12.1. The molecule has 0 spiro atoms. The first-order valence-corrected chi connectivity index (χ1v) is 6.67. The van der Waals surface area contributed by atoms with E-state index in [9.17, 15) is 8.96 Å². The van der Waals surface area contributed by atoms with Crippen molar-refractivity contribution in [3.8, 4) is 6.07 Å². The molecule has 1 unspecified atom stereocenters. The summed E-state index contributed by atoms with van der Waals surface area (Å²) in [6.07, 6.45) is 0.816. The van der Waals surface area contributed by atoms with Gasteiger partial charge in [0.1, 0.15) is 5.82 Å². The van der Waals surface area contributed by atoms with Crippen LogP contribution in [0.3, 0.4) is 0 Å². The monoisotopic (exact) mass is 270 g/mol. The van der Waals surface area contributed by atoms with E-state index in [0.29, 0.717) is 18.4 Å². The molecular weight excluding hydrogens is 256 g/mol. The molecule has 96 valence electrons. The molecule has 0 aliphatic rings. The Morgan fingerprint density at radius 3 is 2.56 bits per heavy atom. The van der Waals surface area contributed by atoms with Gasteiger partial charge in [-0.1, -0.05) is 19.9 Å². The van der Waals surface area contributed by atoms with Crippen LogP contribution in [0.2, 0.25) is 0 Å². The second-order valence-electron chi connectivity index (χ2n) is 3.83. The zero-order valence-corrected chi connectivity index (χ0v) is 11.1. The minimum absolute atomic E-state index is 0.121. The fourth-order valence-corrected chi connectivity index (χ4v) is 2.62. The smallest absolute Gasteiger partial charge is 0.207 e. The highest BCUT2D eigenvalue weighted by molar-refractivity contribution is 7.32. The van der Waals surface area contributed by atoms with Crippen molar-refractivity contribution in [2.45, 2.75) is 32.3 Å². The summed E-state index contributed by atoms with van der Waals surface area (Å²) in [5, 5.41) is 9.02. The van der Waals surface area contributed by atoms with Crippen molar-refractivity contribution in [2.24, 2.45) is 0 Å². The Balaban J connectivity index is 3.38. The van der Waals surface area contributed by atoms with Crippen LogP contribution in [0, 0.1) is 17.1 Å². The minimum Gasteiger partial charge on any atom is -0.207 e. The predicted octanol–water partition coefficient (Wildman–Crippen LogP) is 3.38. The van der Waals surface area contributed by atoms with Crippen molar-refractivity contribution < 1.29 is 18.4 Å². The van der Waals surface area contributed by atoms with Gasteiger partial charge in [-0.05, 0) is 25.0 Å². The summed E-state index contributed by atoms with van der Waals surface area (Å²) in [6, 6.07) is 5.63. The first kappa shape index (κ1) is 14.7. The van der Waals surface area contributed by atoms with E-state index in [1.165, 1.54) is 12.1 Å². The van der Waals surface area contributed by atoms with Gasteiger partial charge in [0.2, 0.25) is 0 Å². The van der Waals surface area contributed by atoms with Gasteiger partial charge in [0.15, 0.2) is 5.60 Å². The van der Waals surface area contributed by atoms with E-state index < -0.39 is 19.7 Å². The van der Waals surface area contributed by atoms with E-state index in [4.69, 9.17) is 14.7 Å². The summed E-state index contributed by atoms with van der Waals surface area (Å²) in [5.74, 6) is -0.523. The van der Waals surface area contributed by atoms with Gasteiger partial charge in [-0.15, -0.1) is 9.42 Å². The van der Waals surface area contributed by atoms with E-state index in [2.05, 4.69) is 0 Å². The van der Waals surface area contributed by atoms with Crippen LogP contribution in [0.15, 0.2) is 18.2 Å². The third-order valence-electron chi connectivity index (χ3n) is 2.99. The molecule has 0 fully saturated rings. The van der Waals surface area contributed by atoms with Gasteiger partial charge in [-0.25, -0.2) is 4.39 Å². The number of rotatable bonds is 5. The number of halogens is 1. The van der Waals surface area contributed by atoms with Crippen LogP contribution in [0.4, 0.5) is 4.39 Å². The Labute approximate surface area is 106 Å². The molecule has 6 heteroatoms. The number of nitrogens with zero attached hydrogens (tertiary/aromatic N) is 1. The van der Waals surface area contributed by atoms with Crippen molar-refractivity contribution in [3.05, 3.63) is 35.1 Å². The van der Waals surface area contributed by atoms with E-state index in [1.807, 2.05) is 6.07 Å². The number of hydrogen-bond acceptors (Lipinski definition) is 3. The van der Waals surface area contributed by atoms with Crippen LogP contribution in [0.1, 0.15) is 37.8 Å². The summed E-state index contributed by atoms with van der Waals surface area (Å²) in [4.78, 5) is 8.96. The first-order chi connectivity index (χ1) is 8.49. The lowest BCUT2D eigenvalue weighted by atomic mass is 9.85. The molecule has 4 nitrogen and oxygen atoms in total. The van der Waals surface area contributed by atoms with Gasteiger partial charge in [0.25, 0.3) is 0 Å². The van der Waals surface area contributed by atoms with Crippen molar-refractivity contribution in [3.63, 3.8) is 0 Å². The van der Waals surface area contributed by atoms with Gasteiger partial charge in [0, 0.05) is 10.1 Å². The molecule has 1 N–H and O–H groups in total. The molecule has 1 atom stereocenters. The molecule has 1 aromatic carbocycles. The molecule has 0 aliphatic carbocycles. The van der Waals surface area contributed by atoms with Crippen molar-refractivity contribution in [1.29, 1.82) is 5.26 Å². The fourth-order valence-electron chi connectivity index (χ4n) is 1.96. The molecule has 18 heavy (non-hydrogen) atoms. The molecule has 0 heterocycles. The van der Waals surface area contributed by atoms with E-state index in [0.717, 1.165) is 6.07 Å². The average molecular weight is 270 g/mol. The Morgan fingerprint density at radius 2 is 2.11 bits per heavy atom. The van der Waals surface area contributed by atoms with Crippen molar-refractivity contribution in [1.82, 2.24) is 0 Å². The van der Waals surface area contributed by atoms with Gasteiger partial charge in [-0.3, -0.25) is 0 Å². The number of benzene rings is 1. The maximum atomic E-state index is 13.1. The minimum atomic E-state index is -2.80. The number of nitriles is 1. The largest absolute Gasteiger partial charge is 0.695 e. The Kier molecular flexibility index (Phi) is 4.92. The first-order valence-electron chi connectivity index (χ1n) is 5.54. The van der Waals surface area contributed by atoms with Crippen molar-refractivity contribution >= 4 is 8.25 Å². The Hall–Kier alpha value is -1.34. The third-order valence-corrected chi connectivity index (χ3v) is 3.49. The summed E-state index contributed by atoms with van der Waals surface area (Å²) in [6.45, 7) is 3.57. The molecule has 1 rings (SSSR count). The average Bonchev–Trinajstić information content (AvgIpc) is 2.35. The van der Waals surface area contributed by atoms with Crippen LogP contribution in [-0.4, -0.2) is 4.89 Å². The van der Waals surface area contributed by atoms with Gasteiger partial charge in [0.05, 0.1) is 11.6 Å². The molecule has 0 saturated heterocycles. The molecule has 0 amide bonds. The van der Waals surface area contributed by atoms with Gasteiger partial charge in [-0.2, -0.15) is 5.26 Å². The standard InChI is InChI=1S/C12H13FNO3P/c1-3-12(4-2,17-18(15)16)11-6-5-10(13)7-9(11)8-14/h5-7H,3-4H2,1-2H3/p+1. The van der Waals surface area contributed by atoms with Gasteiger partial charge < -0.3 is 0 Å². The van der Waals surface area contributed by atoms with Crippen LogP contribution in [0.25, 0.3) is 0 Å². The second-order valence-corrected chi connectivity index (χ2v) is 4.49. The predicted molar refractivity (Wildman–Crippen MR) is 64.3 cm³/mol. The molecule has 0 bridgehead atoms. The van der Waals surface area contributed by atoms with E-state index in [1.54, 1.807) is 13.8 Å². The summed E-state index contributed by atoms with van der Waals surface area (Å²) in [5.41, 5.74) is -0.481. The summed E-state index contributed by atoms with van der Waals surface area (Å²) < 4.78 is 29.1. The molecule has 0 aromatic heterocycles. The summed E-state index contributed by atoms with van der Waals surface area (Å²) >= 11 is 0. The summed E-state index contributed by atoms with van der Waals surface area (Å²) in [7, 11) is -2.80. The quantitative estimate of drug-likeness (QED) is 0.832. The van der Waals surface area contributed by atoms with Crippen molar-refractivity contribution in [2.75, 3.05) is 0 Å². The highest BCUT2D eigenvalue weighted by Crippen LogP contribution is 2.41. The highest BCUT2D eigenvalue weighted by atomic mass is 31.1. The maximum absolute atomic E-state index is 13.1. The highest BCUT2D eigenvalue weighted by Gasteiger charge is 2.40. The van der Waals surface area contributed by atoms with Gasteiger partial charge >= 0.3 is 8.25 Å². The lowest BCUT2D eigenvalue weighted by Gasteiger charge is -2.26. The lowest BCUT2D eigenvalue weighted by molar-refractivity contribution is 0.0533. The lowest BCUT2D eigenvalue weighted by Crippen LogP contribution is -2.27. The molecule has 0 aliphatic heterocycles. The topological polar surface area (TPSA) is 70.3 Å². The zero-order valence-electron chi connectivity index (χ0n) is 10.2. The second kappa shape index (κ2) is 6.01. The van der Waals surface area contributed by atoms with Crippen LogP contribution in [-0.2, 0) is 14.7 Å². The Bertz CT molecular complexity index is 495. The van der Waals surface area contributed by atoms with E-state index >= 15 is 0 Å². The van der Waals surface area contributed by atoms with E-state index in [-0.39, 0.29) is 5.56 Å². The van der Waals surface area contributed by atoms with Crippen LogP contribution in [0.5, 0.6) is 0 Å². The van der Waals surface area contributed by atoms with Crippen LogP contribution >= 0.6 is 8.25 Å². The molecule has 0 radical (unpaired) electrons. The Morgan fingerprint density at radius 1 is 1.50 bits per heavy atom. The molecular formula is C12H14FNO3P+. The zero-order chi connectivity index (χ0) is 13.8. The SMILES string of the molecule is CCC(CC)(O[P+](=O)O)c1ccc(F)cc1C#N. The molecule has 0 saturated carbocycles. The maximum Gasteiger partial charge on any atom is 0.695 e. The third kappa shape index (κ3) is 2.91. The number of hydrogen-bond donors (Lipinski definition) is 1.